The van der Waals surface area contributed by atoms with E-state index in [1.165, 1.54) is 11.3 Å². The number of aromatic nitrogens is 1. The number of hydrogen-bond donors (Lipinski definition) is 0. The van der Waals surface area contributed by atoms with Crippen LogP contribution in [0.1, 0.15) is 12.2 Å². The molecular weight excluding hydrogens is 484 g/mol. The summed E-state index contributed by atoms with van der Waals surface area (Å²) in [5.41, 5.74) is 0.878. The Morgan fingerprint density at radius 1 is 1.23 bits per heavy atom. The fourth-order valence-corrected chi connectivity index (χ4v) is 5.26. The van der Waals surface area contributed by atoms with Gasteiger partial charge in [0.2, 0.25) is 5.91 Å². The molecule has 0 aliphatic carbocycles. The van der Waals surface area contributed by atoms with Crippen LogP contribution in [0.15, 0.2) is 74.6 Å². The molecule has 0 fully saturated rings. The van der Waals surface area contributed by atoms with Gasteiger partial charge in [-0.2, -0.15) is 0 Å². The number of anilines is 1. The van der Waals surface area contributed by atoms with Crippen LogP contribution in [0.3, 0.4) is 0 Å². The molecule has 0 aliphatic rings. The number of thiazole rings is 1. The van der Waals surface area contributed by atoms with Gasteiger partial charge in [0.1, 0.15) is 11.5 Å². The summed E-state index contributed by atoms with van der Waals surface area (Å²) in [4.78, 5) is 20.6. The van der Waals surface area contributed by atoms with Gasteiger partial charge in [0.05, 0.1) is 30.1 Å². The standard InChI is InChI=1S/C22H19BrN2O3S2/c1-27-16-5-7-18(8-6-16)29-12-10-21(26)25(14-17-3-2-11-28-17)22-24-19-9-4-15(23)13-20(19)30-22/h2-9,11,13H,10,12,14H2,1H3. The highest BCUT2D eigenvalue weighted by Gasteiger charge is 2.21. The van der Waals surface area contributed by atoms with Crippen molar-refractivity contribution in [3.63, 3.8) is 0 Å². The summed E-state index contributed by atoms with van der Waals surface area (Å²) >= 11 is 6.65. The Morgan fingerprint density at radius 3 is 2.80 bits per heavy atom. The number of hydrogen-bond acceptors (Lipinski definition) is 6. The molecule has 4 rings (SSSR count). The molecule has 5 nitrogen and oxygen atoms in total. The lowest BCUT2D eigenvalue weighted by Gasteiger charge is -2.18. The highest BCUT2D eigenvalue weighted by molar-refractivity contribution is 9.10. The van der Waals surface area contributed by atoms with Gasteiger partial charge in [-0.3, -0.25) is 9.69 Å². The van der Waals surface area contributed by atoms with Crippen molar-refractivity contribution in [1.82, 2.24) is 4.98 Å². The molecule has 0 saturated heterocycles. The smallest absolute Gasteiger partial charge is 0.230 e. The maximum Gasteiger partial charge on any atom is 0.230 e. The molecule has 2 aromatic heterocycles. The lowest BCUT2D eigenvalue weighted by Crippen LogP contribution is -2.30. The number of nitrogens with zero attached hydrogens (tertiary/aromatic N) is 2. The largest absolute Gasteiger partial charge is 0.497 e. The van der Waals surface area contributed by atoms with Crippen LogP contribution in [0, 0.1) is 0 Å². The summed E-state index contributed by atoms with van der Waals surface area (Å²) in [7, 11) is 1.65. The Hall–Kier alpha value is -2.29. The molecule has 0 N–H and O–H groups in total. The van der Waals surface area contributed by atoms with E-state index >= 15 is 0 Å². The number of methoxy groups -OCH3 is 1. The van der Waals surface area contributed by atoms with E-state index in [2.05, 4.69) is 20.9 Å². The molecular formula is C22H19BrN2O3S2. The maximum absolute atomic E-state index is 13.1. The molecule has 154 valence electrons. The van der Waals surface area contributed by atoms with Crippen molar-refractivity contribution in [1.29, 1.82) is 0 Å². The lowest BCUT2D eigenvalue weighted by molar-refractivity contribution is -0.118. The predicted molar refractivity (Wildman–Crippen MR) is 126 cm³/mol. The molecule has 0 aliphatic heterocycles. The van der Waals surface area contributed by atoms with E-state index in [0.717, 1.165) is 31.1 Å². The predicted octanol–water partition coefficient (Wildman–Crippen LogP) is 6.38. The van der Waals surface area contributed by atoms with Crippen molar-refractivity contribution in [2.75, 3.05) is 17.8 Å². The molecule has 4 aromatic rings. The summed E-state index contributed by atoms with van der Waals surface area (Å²) in [5, 5.41) is 0.680. The number of carbonyl (C=O) groups is 1. The summed E-state index contributed by atoms with van der Waals surface area (Å²) < 4.78 is 12.7. The highest BCUT2D eigenvalue weighted by Crippen LogP contribution is 2.32. The third-order valence-electron chi connectivity index (χ3n) is 4.41. The van der Waals surface area contributed by atoms with Crippen LogP contribution in [0.5, 0.6) is 5.75 Å². The number of amides is 1. The molecule has 2 aromatic carbocycles. The first kappa shape index (κ1) is 21.0. The Kier molecular flexibility index (Phi) is 6.76. The number of carbonyl (C=O) groups excluding carboxylic acids is 1. The van der Waals surface area contributed by atoms with Gasteiger partial charge in [-0.05, 0) is 54.6 Å². The van der Waals surface area contributed by atoms with Crippen LogP contribution >= 0.6 is 39.0 Å². The van der Waals surface area contributed by atoms with Crippen LogP contribution in [0.25, 0.3) is 10.2 Å². The minimum Gasteiger partial charge on any atom is -0.497 e. The van der Waals surface area contributed by atoms with Gasteiger partial charge in [0.15, 0.2) is 5.13 Å². The highest BCUT2D eigenvalue weighted by atomic mass is 79.9. The Labute approximate surface area is 191 Å². The van der Waals surface area contributed by atoms with Gasteiger partial charge in [0.25, 0.3) is 0 Å². The summed E-state index contributed by atoms with van der Waals surface area (Å²) in [6.07, 6.45) is 2.02. The fraction of sp³-hybridized carbons (Fsp3) is 0.182. The Morgan fingerprint density at radius 2 is 2.07 bits per heavy atom. The van der Waals surface area contributed by atoms with Crippen LogP contribution in [-0.2, 0) is 11.3 Å². The molecule has 0 spiro atoms. The average Bonchev–Trinajstić information content (AvgIpc) is 3.41. The van der Waals surface area contributed by atoms with Gasteiger partial charge in [-0.15, -0.1) is 11.8 Å². The van der Waals surface area contributed by atoms with Gasteiger partial charge in [-0.1, -0.05) is 27.3 Å². The number of ether oxygens (including phenoxy) is 1. The van der Waals surface area contributed by atoms with E-state index in [1.54, 1.807) is 30.0 Å². The first-order valence-electron chi connectivity index (χ1n) is 9.28. The molecule has 0 saturated carbocycles. The minimum atomic E-state index is 0.0190. The second kappa shape index (κ2) is 9.68. The van der Waals surface area contributed by atoms with Crippen molar-refractivity contribution >= 4 is 60.3 Å². The first-order chi connectivity index (χ1) is 14.6. The quantitative estimate of drug-likeness (QED) is 0.261. The van der Waals surface area contributed by atoms with Crippen molar-refractivity contribution in [2.45, 2.75) is 17.9 Å². The van der Waals surface area contributed by atoms with Crippen LogP contribution in [0.2, 0.25) is 0 Å². The molecule has 8 heteroatoms. The fourth-order valence-electron chi connectivity index (χ4n) is 2.89. The molecule has 0 unspecified atom stereocenters. The maximum atomic E-state index is 13.1. The summed E-state index contributed by atoms with van der Waals surface area (Å²) in [6, 6.07) is 17.5. The van der Waals surface area contributed by atoms with E-state index in [0.29, 0.717) is 23.8 Å². The molecule has 0 atom stereocenters. The van der Waals surface area contributed by atoms with E-state index in [4.69, 9.17) is 9.15 Å². The topological polar surface area (TPSA) is 55.6 Å². The van der Waals surface area contributed by atoms with E-state index in [1.807, 2.05) is 54.6 Å². The zero-order valence-corrected chi connectivity index (χ0v) is 19.4. The van der Waals surface area contributed by atoms with E-state index < -0.39 is 0 Å². The summed E-state index contributed by atoms with van der Waals surface area (Å²) in [6.45, 7) is 0.361. The van der Waals surface area contributed by atoms with Crippen molar-refractivity contribution in [2.24, 2.45) is 0 Å². The van der Waals surface area contributed by atoms with Crippen LogP contribution in [-0.4, -0.2) is 23.8 Å². The van der Waals surface area contributed by atoms with Crippen molar-refractivity contribution in [3.8, 4) is 5.75 Å². The minimum absolute atomic E-state index is 0.0190. The normalized spacial score (nSPS) is 11.0. The average molecular weight is 503 g/mol. The Balaban J connectivity index is 1.48. The van der Waals surface area contributed by atoms with Crippen molar-refractivity contribution in [3.05, 3.63) is 71.1 Å². The molecule has 2 heterocycles. The number of halogens is 1. The van der Waals surface area contributed by atoms with Crippen molar-refractivity contribution < 1.29 is 13.9 Å². The van der Waals surface area contributed by atoms with Crippen LogP contribution < -0.4 is 9.64 Å². The van der Waals surface area contributed by atoms with Crippen LogP contribution in [0.4, 0.5) is 5.13 Å². The number of thioether (sulfide) groups is 1. The number of benzene rings is 2. The lowest BCUT2D eigenvalue weighted by atomic mass is 10.3. The van der Waals surface area contributed by atoms with E-state index in [-0.39, 0.29) is 5.91 Å². The zero-order valence-electron chi connectivity index (χ0n) is 16.2. The molecule has 30 heavy (non-hydrogen) atoms. The second-order valence-electron chi connectivity index (χ2n) is 6.44. The monoisotopic (exact) mass is 502 g/mol. The number of rotatable bonds is 8. The third kappa shape index (κ3) is 5.06. The number of fused-ring (bicyclic) bond motifs is 1. The second-order valence-corrected chi connectivity index (χ2v) is 9.53. The Bertz CT molecular complexity index is 1130. The third-order valence-corrected chi connectivity index (χ3v) is 6.96. The number of furan rings is 1. The molecule has 0 radical (unpaired) electrons. The molecule has 1 amide bonds. The van der Waals surface area contributed by atoms with Gasteiger partial charge < -0.3 is 9.15 Å². The first-order valence-corrected chi connectivity index (χ1v) is 11.9. The van der Waals surface area contributed by atoms with Gasteiger partial charge in [0, 0.05) is 21.5 Å². The SMILES string of the molecule is COc1ccc(SCCC(=O)N(Cc2ccco2)c2nc3ccc(Br)cc3s2)cc1. The van der Waals surface area contributed by atoms with Gasteiger partial charge in [-0.25, -0.2) is 4.98 Å². The van der Waals surface area contributed by atoms with E-state index in [9.17, 15) is 4.79 Å². The summed E-state index contributed by atoms with van der Waals surface area (Å²) in [5.74, 6) is 2.25. The van der Waals surface area contributed by atoms with Gasteiger partial charge >= 0.3 is 0 Å². The molecule has 0 bridgehead atoms. The zero-order chi connectivity index (χ0) is 20.9.